The molecule has 1 aliphatic carbocycles. The molecule has 1 N–H and O–H groups in total. The number of benzene rings is 1. The molecule has 20 heavy (non-hydrogen) atoms. The van der Waals surface area contributed by atoms with Crippen molar-refractivity contribution in [2.24, 2.45) is 4.99 Å². The topological polar surface area (TPSA) is 27.6 Å². The van der Waals surface area contributed by atoms with Crippen LogP contribution in [0.4, 0.5) is 4.39 Å². The number of hydrogen-bond acceptors (Lipinski definition) is 3. The molecular weight excluding hydrogens is 392 g/mol. The third-order valence-corrected chi connectivity index (χ3v) is 4.11. The van der Waals surface area contributed by atoms with E-state index in [-0.39, 0.29) is 30.0 Å². The van der Waals surface area contributed by atoms with E-state index in [0.717, 1.165) is 19.0 Å². The molecule has 1 aromatic carbocycles. The predicted molar refractivity (Wildman–Crippen MR) is 90.7 cm³/mol. The van der Waals surface area contributed by atoms with E-state index >= 15 is 0 Å². The zero-order chi connectivity index (χ0) is 13.5. The molecule has 0 radical (unpaired) electrons. The largest absolute Gasteiger partial charge is 0.353 e. The Labute approximate surface area is 140 Å². The van der Waals surface area contributed by atoms with Gasteiger partial charge in [-0.3, -0.25) is 4.99 Å². The zero-order valence-electron chi connectivity index (χ0n) is 11.3. The van der Waals surface area contributed by atoms with Crippen LogP contribution in [0.2, 0.25) is 5.02 Å². The number of alkyl halides is 1. The molecule has 1 fully saturated rings. The van der Waals surface area contributed by atoms with E-state index in [9.17, 15) is 4.39 Å². The molecule has 0 amide bonds. The first-order valence-corrected chi connectivity index (χ1v) is 6.92. The highest BCUT2D eigenvalue weighted by molar-refractivity contribution is 14.0. The second-order valence-electron chi connectivity index (χ2n) is 5.35. The fourth-order valence-corrected chi connectivity index (χ4v) is 2.89. The molecule has 3 nitrogen and oxygen atoms in total. The van der Waals surface area contributed by atoms with Crippen molar-refractivity contribution in [3.8, 4) is 0 Å². The lowest BCUT2D eigenvalue weighted by Gasteiger charge is -2.42. The van der Waals surface area contributed by atoms with E-state index in [4.69, 9.17) is 11.6 Å². The fourth-order valence-electron chi connectivity index (χ4n) is 2.70. The fraction of sp³-hybridized carbons (Fsp3) is 0.500. The molecule has 1 aliphatic heterocycles. The summed E-state index contributed by atoms with van der Waals surface area (Å²) in [5.41, 5.74) is -0.569. The van der Waals surface area contributed by atoms with Gasteiger partial charge in [-0.05, 0) is 17.7 Å². The average molecular weight is 410 g/mol. The Kier molecular flexibility index (Phi) is 4.79. The number of guanidine groups is 1. The molecule has 110 valence electrons. The lowest BCUT2D eigenvalue weighted by Crippen LogP contribution is -2.53. The summed E-state index contributed by atoms with van der Waals surface area (Å²) in [6.07, 6.45) is 0.945. The molecule has 0 atom stereocenters. The van der Waals surface area contributed by atoms with E-state index < -0.39 is 5.67 Å². The van der Waals surface area contributed by atoms with E-state index in [2.05, 4.69) is 15.2 Å². The highest BCUT2D eigenvalue weighted by atomic mass is 127. The van der Waals surface area contributed by atoms with E-state index in [0.29, 0.717) is 23.4 Å². The highest BCUT2D eigenvalue weighted by Crippen LogP contribution is 2.45. The lowest BCUT2D eigenvalue weighted by molar-refractivity contribution is 0.0318. The van der Waals surface area contributed by atoms with Gasteiger partial charge in [0.2, 0.25) is 0 Å². The van der Waals surface area contributed by atoms with Crippen LogP contribution in [0.15, 0.2) is 29.3 Å². The minimum absolute atomic E-state index is 0. The maximum absolute atomic E-state index is 14.7. The third kappa shape index (κ3) is 3.03. The maximum atomic E-state index is 14.7. The molecule has 0 saturated heterocycles. The molecule has 0 aromatic heterocycles. The van der Waals surface area contributed by atoms with E-state index in [1.807, 2.05) is 7.05 Å². The first kappa shape index (κ1) is 15.8. The van der Waals surface area contributed by atoms with Gasteiger partial charge in [0.15, 0.2) is 5.96 Å². The van der Waals surface area contributed by atoms with Gasteiger partial charge in [-0.15, -0.1) is 24.0 Å². The van der Waals surface area contributed by atoms with Crippen LogP contribution >= 0.6 is 35.6 Å². The minimum Gasteiger partial charge on any atom is -0.353 e. The van der Waals surface area contributed by atoms with Gasteiger partial charge in [-0.1, -0.05) is 23.7 Å². The molecule has 2 aliphatic rings. The van der Waals surface area contributed by atoms with Crippen LogP contribution in [0, 0.1) is 0 Å². The van der Waals surface area contributed by atoms with E-state index in [1.54, 1.807) is 24.3 Å². The van der Waals surface area contributed by atoms with Gasteiger partial charge in [0.25, 0.3) is 0 Å². The summed E-state index contributed by atoms with van der Waals surface area (Å²) in [6, 6.07) is 7.25. The smallest absolute Gasteiger partial charge is 0.194 e. The first-order chi connectivity index (χ1) is 9.07. The molecule has 1 heterocycles. The molecule has 6 heteroatoms. The van der Waals surface area contributed by atoms with Crippen LogP contribution in [0.3, 0.4) is 0 Å². The Balaban J connectivity index is 0.00000147. The lowest BCUT2D eigenvalue weighted by atomic mass is 9.73. The van der Waals surface area contributed by atoms with Crippen LogP contribution in [0.5, 0.6) is 0 Å². The number of rotatable bonds is 2. The van der Waals surface area contributed by atoms with Gasteiger partial charge < -0.3 is 10.2 Å². The van der Waals surface area contributed by atoms with Crippen molar-refractivity contribution in [2.45, 2.75) is 24.6 Å². The minimum atomic E-state index is -1.25. The van der Waals surface area contributed by atoms with Crippen molar-refractivity contribution in [1.82, 2.24) is 10.2 Å². The average Bonchev–Trinajstić information content (AvgIpc) is 2.73. The molecule has 3 rings (SSSR count). The first-order valence-electron chi connectivity index (χ1n) is 6.54. The van der Waals surface area contributed by atoms with Crippen LogP contribution in [-0.4, -0.2) is 37.0 Å². The summed E-state index contributed by atoms with van der Waals surface area (Å²) in [7, 11) is 2.00. The van der Waals surface area contributed by atoms with Gasteiger partial charge in [-0.25, -0.2) is 4.39 Å². The summed E-state index contributed by atoms with van der Waals surface area (Å²) >= 11 is 5.92. The Bertz CT molecular complexity index is 517. The predicted octanol–water partition coefficient (Wildman–Crippen LogP) is 3.18. The molecule has 0 bridgehead atoms. The Hall–Kier alpha value is -0.560. The number of aliphatic imine (C=N–C) groups is 1. The zero-order valence-corrected chi connectivity index (χ0v) is 14.4. The van der Waals surface area contributed by atoms with E-state index in [1.165, 1.54) is 0 Å². The van der Waals surface area contributed by atoms with Gasteiger partial charge in [0, 0.05) is 37.5 Å². The number of nitrogens with zero attached hydrogens (tertiary/aromatic N) is 2. The Morgan fingerprint density at radius 2 is 2.20 bits per heavy atom. The van der Waals surface area contributed by atoms with Gasteiger partial charge in [0.05, 0.1) is 6.54 Å². The number of likely N-dealkylation sites (N-methyl/N-ethyl adjacent to an activating group) is 1. The maximum Gasteiger partial charge on any atom is 0.194 e. The number of hydrogen-bond donors (Lipinski definition) is 1. The molecule has 0 unspecified atom stereocenters. The second-order valence-corrected chi connectivity index (χ2v) is 5.79. The summed E-state index contributed by atoms with van der Waals surface area (Å²) in [5, 5.41) is 3.90. The molecular formula is C14H18ClFIN3. The van der Waals surface area contributed by atoms with Crippen molar-refractivity contribution in [2.75, 3.05) is 20.1 Å². The summed E-state index contributed by atoms with van der Waals surface area (Å²) in [5.74, 6) is 0.887. The third-order valence-electron chi connectivity index (χ3n) is 3.87. The summed E-state index contributed by atoms with van der Waals surface area (Å²) in [6.45, 7) is 1.75. The van der Waals surface area contributed by atoms with Crippen LogP contribution < -0.4 is 5.32 Å². The van der Waals surface area contributed by atoms with Crippen molar-refractivity contribution in [3.05, 3.63) is 34.9 Å². The van der Waals surface area contributed by atoms with Gasteiger partial charge in [0.1, 0.15) is 5.67 Å². The molecule has 1 saturated carbocycles. The molecule has 1 aromatic rings. The second kappa shape index (κ2) is 6.05. The normalized spacial score (nSPS) is 28.4. The SMILES string of the molecule is CN1CCN=C1NC1CC(F)(c2cccc(Cl)c2)C1.I. The van der Waals surface area contributed by atoms with Crippen LogP contribution in [-0.2, 0) is 5.67 Å². The van der Waals surface area contributed by atoms with Crippen molar-refractivity contribution in [1.29, 1.82) is 0 Å². The summed E-state index contributed by atoms with van der Waals surface area (Å²) < 4.78 is 14.7. The Morgan fingerprint density at radius 1 is 1.45 bits per heavy atom. The van der Waals surface area contributed by atoms with Gasteiger partial charge >= 0.3 is 0 Å². The highest BCUT2D eigenvalue weighted by Gasteiger charge is 2.46. The van der Waals surface area contributed by atoms with Gasteiger partial charge in [-0.2, -0.15) is 0 Å². The molecule has 0 spiro atoms. The monoisotopic (exact) mass is 409 g/mol. The number of nitrogens with one attached hydrogen (secondary N) is 1. The van der Waals surface area contributed by atoms with Crippen LogP contribution in [0.1, 0.15) is 18.4 Å². The van der Waals surface area contributed by atoms with Crippen molar-refractivity contribution in [3.63, 3.8) is 0 Å². The standard InChI is InChI=1S/C14H17ClFN3.HI/c1-19-6-5-17-13(19)18-12-8-14(16,9-12)10-3-2-4-11(15)7-10;/h2-4,7,12H,5-6,8-9H2,1H3,(H,17,18);1H. The quantitative estimate of drug-likeness (QED) is 0.760. The van der Waals surface area contributed by atoms with Crippen molar-refractivity contribution < 1.29 is 4.39 Å². The summed E-state index contributed by atoms with van der Waals surface area (Å²) in [4.78, 5) is 6.43. The Morgan fingerprint density at radius 3 is 2.80 bits per heavy atom. The van der Waals surface area contributed by atoms with Crippen LogP contribution in [0.25, 0.3) is 0 Å². The number of halogens is 3. The van der Waals surface area contributed by atoms with Crippen molar-refractivity contribution >= 4 is 41.5 Å².